The molecule has 0 saturated heterocycles. The van der Waals surface area contributed by atoms with Gasteiger partial charge in [0, 0.05) is 6.54 Å². The average molecular weight is 448 g/mol. The van der Waals surface area contributed by atoms with Crippen LogP contribution in [0, 0.1) is 0 Å². The van der Waals surface area contributed by atoms with E-state index in [4.69, 9.17) is 9.47 Å². The Balaban J connectivity index is 0.00000480. The van der Waals surface area contributed by atoms with Crippen LogP contribution in [0.15, 0.2) is 48.5 Å². The number of hydrogen-bond acceptors (Lipinski definition) is 3. The first-order chi connectivity index (χ1) is 14.7. The number of ether oxygens (including phenoxy) is 2. The molecule has 0 amide bonds. The van der Waals surface area contributed by atoms with Crippen LogP contribution in [-0.2, 0) is 12.8 Å². The smallest absolute Gasteiger partial charge is 0.122 e. The number of rotatable bonds is 16. The Hall–Kier alpha value is -1.71. The molecule has 0 atom stereocenters. The largest absolute Gasteiger partial charge is 0.494 e. The van der Waals surface area contributed by atoms with E-state index >= 15 is 0 Å². The molecule has 0 aliphatic carbocycles. The molecular weight excluding hydrogens is 406 g/mol. The molecule has 2 aromatic rings. The van der Waals surface area contributed by atoms with Gasteiger partial charge in [-0.3, -0.25) is 0 Å². The van der Waals surface area contributed by atoms with Crippen molar-refractivity contribution in [1.29, 1.82) is 0 Å². The minimum Gasteiger partial charge on any atom is -0.494 e. The zero-order valence-corrected chi connectivity index (χ0v) is 20.6. The Kier molecular flexibility index (Phi) is 14.9. The molecule has 0 fully saturated rings. The van der Waals surface area contributed by atoms with E-state index in [2.05, 4.69) is 74.4 Å². The molecule has 0 heterocycles. The van der Waals surface area contributed by atoms with Crippen LogP contribution in [0.1, 0.15) is 63.0 Å². The summed E-state index contributed by atoms with van der Waals surface area (Å²) >= 11 is 0. The third kappa shape index (κ3) is 12.0. The van der Waals surface area contributed by atoms with E-state index in [1.54, 1.807) is 0 Å². The van der Waals surface area contributed by atoms with Crippen molar-refractivity contribution >= 4 is 12.4 Å². The number of unbranched alkanes of at least 4 members (excludes halogenated alkanes) is 5. The summed E-state index contributed by atoms with van der Waals surface area (Å²) in [4.78, 5) is 2.19. The topological polar surface area (TPSA) is 21.7 Å². The maximum Gasteiger partial charge on any atom is 0.122 e. The van der Waals surface area contributed by atoms with Gasteiger partial charge in [0.05, 0.1) is 13.2 Å². The fourth-order valence-corrected chi connectivity index (χ4v) is 3.54. The van der Waals surface area contributed by atoms with E-state index < -0.39 is 0 Å². The second-order valence-corrected chi connectivity index (χ2v) is 8.38. The Morgan fingerprint density at radius 1 is 0.742 bits per heavy atom. The predicted molar refractivity (Wildman–Crippen MR) is 135 cm³/mol. The second kappa shape index (κ2) is 16.9. The Morgan fingerprint density at radius 3 is 2.19 bits per heavy atom. The molecule has 0 unspecified atom stereocenters. The fourth-order valence-electron chi connectivity index (χ4n) is 3.54. The normalized spacial score (nSPS) is 10.7. The van der Waals surface area contributed by atoms with E-state index in [0.717, 1.165) is 56.9 Å². The van der Waals surface area contributed by atoms with Gasteiger partial charge in [-0.2, -0.15) is 0 Å². The number of halogens is 1. The molecule has 4 heteroatoms. The van der Waals surface area contributed by atoms with Crippen molar-refractivity contribution in [3.8, 4) is 11.5 Å². The molecule has 0 saturated carbocycles. The molecular formula is C27H42ClNO2. The van der Waals surface area contributed by atoms with E-state index in [1.807, 2.05) is 0 Å². The Morgan fingerprint density at radius 2 is 1.45 bits per heavy atom. The lowest BCUT2D eigenvalue weighted by molar-refractivity contribution is 0.277. The van der Waals surface area contributed by atoms with Gasteiger partial charge in [-0.25, -0.2) is 0 Å². The highest BCUT2D eigenvalue weighted by molar-refractivity contribution is 5.85. The molecule has 0 spiro atoms. The highest BCUT2D eigenvalue weighted by Crippen LogP contribution is 2.26. The standard InChI is InChI=1S/C27H41NO2.ClH/c1-4-5-6-7-8-12-21-29-26-18-19-27(30-22-13-20-28(2)3)25(23-26)17-16-24-14-10-9-11-15-24;/h9-11,14-15,18-19,23H,4-8,12-13,16-17,20-22H2,1-3H3;1H. The molecule has 0 radical (unpaired) electrons. The number of benzene rings is 2. The van der Waals surface area contributed by atoms with Gasteiger partial charge in [0.15, 0.2) is 0 Å². The number of aryl methyl sites for hydroxylation is 2. The number of hydrogen-bond donors (Lipinski definition) is 0. The number of nitrogens with zero attached hydrogens (tertiary/aromatic N) is 1. The molecule has 174 valence electrons. The first kappa shape index (κ1) is 27.3. The van der Waals surface area contributed by atoms with Crippen molar-refractivity contribution in [2.24, 2.45) is 0 Å². The van der Waals surface area contributed by atoms with Crippen molar-refractivity contribution in [3.63, 3.8) is 0 Å². The van der Waals surface area contributed by atoms with Crippen LogP contribution in [0.5, 0.6) is 11.5 Å². The maximum absolute atomic E-state index is 6.13. The lowest BCUT2D eigenvalue weighted by atomic mass is 10.0. The van der Waals surface area contributed by atoms with Crippen LogP contribution in [0.4, 0.5) is 0 Å². The molecule has 2 rings (SSSR count). The first-order valence-electron chi connectivity index (χ1n) is 11.8. The van der Waals surface area contributed by atoms with Crippen LogP contribution in [0.25, 0.3) is 0 Å². The van der Waals surface area contributed by atoms with Gasteiger partial charge in [0.2, 0.25) is 0 Å². The molecule has 31 heavy (non-hydrogen) atoms. The van der Waals surface area contributed by atoms with E-state index in [0.29, 0.717) is 0 Å². The van der Waals surface area contributed by atoms with Crippen LogP contribution in [-0.4, -0.2) is 38.8 Å². The Labute approximate surface area is 196 Å². The average Bonchev–Trinajstić information content (AvgIpc) is 2.76. The minimum atomic E-state index is 0. The molecule has 0 aliphatic rings. The highest BCUT2D eigenvalue weighted by Gasteiger charge is 2.08. The molecule has 3 nitrogen and oxygen atoms in total. The summed E-state index contributed by atoms with van der Waals surface area (Å²) in [5.41, 5.74) is 2.60. The van der Waals surface area contributed by atoms with Crippen LogP contribution >= 0.6 is 12.4 Å². The van der Waals surface area contributed by atoms with Crippen molar-refractivity contribution < 1.29 is 9.47 Å². The third-order valence-corrected chi connectivity index (χ3v) is 5.33. The van der Waals surface area contributed by atoms with Gasteiger partial charge in [-0.1, -0.05) is 69.4 Å². The first-order valence-corrected chi connectivity index (χ1v) is 11.8. The summed E-state index contributed by atoms with van der Waals surface area (Å²) in [6.07, 6.45) is 10.7. The van der Waals surface area contributed by atoms with E-state index in [-0.39, 0.29) is 12.4 Å². The second-order valence-electron chi connectivity index (χ2n) is 8.38. The van der Waals surface area contributed by atoms with Gasteiger partial charge in [-0.05, 0) is 69.1 Å². The van der Waals surface area contributed by atoms with Gasteiger partial charge < -0.3 is 14.4 Å². The maximum atomic E-state index is 6.13. The quantitative estimate of drug-likeness (QED) is 0.259. The summed E-state index contributed by atoms with van der Waals surface area (Å²) in [6.45, 7) is 4.84. The van der Waals surface area contributed by atoms with E-state index in [1.165, 1.54) is 43.2 Å². The molecule has 0 aliphatic heterocycles. The summed E-state index contributed by atoms with van der Waals surface area (Å²) < 4.78 is 12.2. The van der Waals surface area contributed by atoms with Crippen molar-refractivity contribution in [3.05, 3.63) is 59.7 Å². The van der Waals surface area contributed by atoms with Gasteiger partial charge in [0.25, 0.3) is 0 Å². The minimum absolute atomic E-state index is 0. The highest BCUT2D eigenvalue weighted by atomic mass is 35.5. The van der Waals surface area contributed by atoms with Crippen molar-refractivity contribution in [2.75, 3.05) is 33.9 Å². The fraction of sp³-hybridized carbons (Fsp3) is 0.556. The summed E-state index contributed by atoms with van der Waals surface area (Å²) in [5.74, 6) is 1.96. The lowest BCUT2D eigenvalue weighted by Gasteiger charge is -2.15. The summed E-state index contributed by atoms with van der Waals surface area (Å²) in [7, 11) is 4.20. The predicted octanol–water partition coefficient (Wildman–Crippen LogP) is 6.96. The van der Waals surface area contributed by atoms with Gasteiger partial charge >= 0.3 is 0 Å². The lowest BCUT2D eigenvalue weighted by Crippen LogP contribution is -2.15. The van der Waals surface area contributed by atoms with Crippen LogP contribution < -0.4 is 9.47 Å². The summed E-state index contributed by atoms with van der Waals surface area (Å²) in [6, 6.07) is 17.0. The zero-order valence-electron chi connectivity index (χ0n) is 19.8. The summed E-state index contributed by atoms with van der Waals surface area (Å²) in [5, 5.41) is 0. The molecule has 0 N–H and O–H groups in total. The van der Waals surface area contributed by atoms with E-state index in [9.17, 15) is 0 Å². The third-order valence-electron chi connectivity index (χ3n) is 5.33. The SMILES string of the molecule is CCCCCCCCOc1ccc(OCCCN(C)C)c(CCc2ccccc2)c1.Cl. The van der Waals surface area contributed by atoms with Gasteiger partial charge in [-0.15, -0.1) is 12.4 Å². The van der Waals surface area contributed by atoms with Crippen LogP contribution in [0.2, 0.25) is 0 Å². The van der Waals surface area contributed by atoms with Gasteiger partial charge in [0.1, 0.15) is 11.5 Å². The van der Waals surface area contributed by atoms with Crippen molar-refractivity contribution in [2.45, 2.75) is 64.7 Å². The Bertz CT molecular complexity index is 691. The zero-order chi connectivity index (χ0) is 21.4. The molecule has 0 aromatic heterocycles. The monoisotopic (exact) mass is 447 g/mol. The van der Waals surface area contributed by atoms with Crippen molar-refractivity contribution in [1.82, 2.24) is 4.90 Å². The molecule has 0 bridgehead atoms. The molecule has 2 aromatic carbocycles. The van der Waals surface area contributed by atoms with Crippen LogP contribution in [0.3, 0.4) is 0 Å².